The van der Waals surface area contributed by atoms with Crippen molar-refractivity contribution < 1.29 is 19.8 Å². The number of halogens is 2. The predicted molar refractivity (Wildman–Crippen MR) is 87.7 cm³/mol. The van der Waals surface area contributed by atoms with Gasteiger partial charge in [-0.05, 0) is 11.8 Å². The van der Waals surface area contributed by atoms with Crippen LogP contribution < -0.4 is 0 Å². The average molecular weight is 482 g/mol. The Morgan fingerprint density at radius 1 is 0.944 bits per heavy atom. The van der Waals surface area contributed by atoms with Gasteiger partial charge in [-0.3, -0.25) is 9.59 Å². The van der Waals surface area contributed by atoms with Gasteiger partial charge < -0.3 is 10.2 Å². The highest BCUT2D eigenvalue weighted by Gasteiger charge is 2.63. The quantitative estimate of drug-likeness (QED) is 0.430. The lowest BCUT2D eigenvalue weighted by Crippen LogP contribution is -2.62. The van der Waals surface area contributed by atoms with Gasteiger partial charge in [0.2, 0.25) is 0 Å². The van der Waals surface area contributed by atoms with Crippen LogP contribution in [0.2, 0.25) is 0 Å². The average Bonchev–Trinajstić information content (AvgIpc) is 2.33. The van der Waals surface area contributed by atoms with Gasteiger partial charge in [-0.2, -0.15) is 0 Å². The summed E-state index contributed by atoms with van der Waals surface area (Å²) in [6.07, 6.45) is 1.26. The normalized spacial score (nSPS) is 21.4. The molecule has 0 fully saturated rings. The molecule has 0 aromatic carbocycles. The van der Waals surface area contributed by atoms with E-state index in [-0.39, 0.29) is 11.8 Å². The smallest absolute Gasteiger partial charge is 0.321 e. The number of carbonyl (C=O) groups is 2. The standard InChI is InChI=1S/C12H20I2O4/c1-5-7(3)11(13,9(15)16)12(14,10(17)18)8(4)6-2/h7-8H,5-6H2,1-4H3,(H,15,16)(H,17,18). The first-order valence-electron chi connectivity index (χ1n) is 5.95. The van der Waals surface area contributed by atoms with Crippen LogP contribution in [0, 0.1) is 11.8 Å². The molecule has 106 valence electrons. The second-order valence-electron chi connectivity index (χ2n) is 4.65. The Morgan fingerprint density at radius 3 is 1.28 bits per heavy atom. The van der Waals surface area contributed by atoms with Crippen molar-refractivity contribution in [3.8, 4) is 0 Å². The van der Waals surface area contributed by atoms with E-state index in [1.54, 1.807) is 13.8 Å². The molecule has 0 saturated carbocycles. The molecule has 0 heterocycles. The highest BCUT2D eigenvalue weighted by Crippen LogP contribution is 2.51. The highest BCUT2D eigenvalue weighted by atomic mass is 127. The summed E-state index contributed by atoms with van der Waals surface area (Å²) in [4.78, 5) is 23.4. The van der Waals surface area contributed by atoms with E-state index < -0.39 is 18.8 Å². The van der Waals surface area contributed by atoms with Crippen molar-refractivity contribution in [1.82, 2.24) is 0 Å². The minimum absolute atomic E-state index is 0.224. The molecule has 0 spiro atoms. The second-order valence-corrected chi connectivity index (χ2v) is 8.06. The van der Waals surface area contributed by atoms with Crippen LogP contribution in [0.3, 0.4) is 0 Å². The number of carboxylic acid groups (broad SMARTS) is 2. The van der Waals surface area contributed by atoms with E-state index in [2.05, 4.69) is 0 Å². The molecule has 2 N–H and O–H groups in total. The molecule has 4 nitrogen and oxygen atoms in total. The summed E-state index contributed by atoms with van der Waals surface area (Å²) < 4.78 is -2.64. The van der Waals surface area contributed by atoms with Gasteiger partial charge in [-0.25, -0.2) is 0 Å². The third kappa shape index (κ3) is 2.78. The van der Waals surface area contributed by atoms with Crippen LogP contribution in [0.1, 0.15) is 40.5 Å². The largest absolute Gasteiger partial charge is 0.480 e. The minimum atomic E-state index is -1.32. The van der Waals surface area contributed by atoms with Gasteiger partial charge in [0.15, 0.2) is 0 Å². The Labute approximate surface area is 135 Å². The van der Waals surface area contributed by atoms with E-state index in [1.165, 1.54) is 0 Å². The fraction of sp³-hybridized carbons (Fsp3) is 0.833. The molecule has 0 aromatic heterocycles. The van der Waals surface area contributed by atoms with Crippen LogP contribution in [0.15, 0.2) is 0 Å². The summed E-state index contributed by atoms with van der Waals surface area (Å²) in [5.41, 5.74) is 0. The molecule has 18 heavy (non-hydrogen) atoms. The van der Waals surface area contributed by atoms with Gasteiger partial charge in [0.1, 0.15) is 6.84 Å². The molecule has 4 unspecified atom stereocenters. The van der Waals surface area contributed by atoms with Gasteiger partial charge in [-0.15, -0.1) is 0 Å². The summed E-state index contributed by atoms with van der Waals surface area (Å²) in [5, 5.41) is 19.2. The van der Waals surface area contributed by atoms with Crippen molar-refractivity contribution >= 4 is 57.1 Å². The number of aliphatic carboxylic acids is 2. The zero-order valence-electron chi connectivity index (χ0n) is 11.0. The van der Waals surface area contributed by atoms with Crippen molar-refractivity contribution in [2.75, 3.05) is 0 Å². The van der Waals surface area contributed by atoms with Crippen LogP contribution in [0.5, 0.6) is 0 Å². The maximum Gasteiger partial charge on any atom is 0.321 e. The van der Waals surface area contributed by atoms with Gasteiger partial charge in [0.05, 0.1) is 0 Å². The van der Waals surface area contributed by atoms with Crippen LogP contribution >= 0.6 is 45.2 Å². The van der Waals surface area contributed by atoms with Crippen LogP contribution in [-0.4, -0.2) is 29.0 Å². The SMILES string of the molecule is CCC(C)C(I)(C(=O)O)C(I)(C(=O)O)C(C)CC. The molecule has 0 aliphatic rings. The molecule has 0 aromatic rings. The lowest BCUT2D eigenvalue weighted by molar-refractivity contribution is -0.151. The van der Waals surface area contributed by atoms with E-state index in [4.69, 9.17) is 0 Å². The molecule has 0 saturated heterocycles. The number of rotatable bonds is 7. The maximum atomic E-state index is 11.7. The third-order valence-corrected chi connectivity index (χ3v) is 9.52. The number of hydrogen-bond acceptors (Lipinski definition) is 2. The van der Waals surface area contributed by atoms with Crippen molar-refractivity contribution in [1.29, 1.82) is 0 Å². The Morgan fingerprint density at radius 2 is 1.17 bits per heavy atom. The van der Waals surface area contributed by atoms with Gasteiger partial charge in [0, 0.05) is 0 Å². The van der Waals surface area contributed by atoms with Crippen LogP contribution in [0.4, 0.5) is 0 Å². The maximum absolute atomic E-state index is 11.7. The fourth-order valence-electron chi connectivity index (χ4n) is 2.01. The first kappa shape index (κ1) is 18.4. The molecular weight excluding hydrogens is 462 g/mol. The van der Waals surface area contributed by atoms with Crippen molar-refractivity contribution in [3.05, 3.63) is 0 Å². The third-order valence-electron chi connectivity index (χ3n) is 3.73. The van der Waals surface area contributed by atoms with Gasteiger partial charge in [0.25, 0.3) is 0 Å². The van der Waals surface area contributed by atoms with E-state index in [1.807, 2.05) is 59.0 Å². The first-order valence-corrected chi connectivity index (χ1v) is 8.10. The van der Waals surface area contributed by atoms with Crippen molar-refractivity contribution in [2.24, 2.45) is 11.8 Å². The van der Waals surface area contributed by atoms with Crippen LogP contribution in [-0.2, 0) is 9.59 Å². The summed E-state index contributed by atoms with van der Waals surface area (Å²) >= 11 is 3.67. The van der Waals surface area contributed by atoms with E-state index in [9.17, 15) is 19.8 Å². The van der Waals surface area contributed by atoms with Crippen LogP contribution in [0.25, 0.3) is 0 Å². The van der Waals surface area contributed by atoms with Crippen molar-refractivity contribution in [3.63, 3.8) is 0 Å². The summed E-state index contributed by atoms with van der Waals surface area (Å²) in [6, 6.07) is 0. The van der Waals surface area contributed by atoms with Crippen molar-refractivity contribution in [2.45, 2.75) is 47.4 Å². The zero-order valence-corrected chi connectivity index (χ0v) is 15.4. The van der Waals surface area contributed by atoms with E-state index >= 15 is 0 Å². The van der Waals surface area contributed by atoms with Gasteiger partial charge in [-0.1, -0.05) is 85.7 Å². The number of alkyl halides is 2. The lowest BCUT2D eigenvalue weighted by Gasteiger charge is -2.44. The molecule has 0 rings (SSSR count). The predicted octanol–water partition coefficient (Wildman–Crippen LogP) is 3.60. The van der Waals surface area contributed by atoms with Gasteiger partial charge >= 0.3 is 11.9 Å². The lowest BCUT2D eigenvalue weighted by atomic mass is 9.74. The minimum Gasteiger partial charge on any atom is -0.480 e. The molecule has 0 bridgehead atoms. The summed E-state index contributed by atoms with van der Waals surface area (Å²) in [7, 11) is 0. The molecule has 0 amide bonds. The molecular formula is C12H20I2O4. The Hall–Kier alpha value is 0.400. The molecule has 0 radical (unpaired) electrons. The second kappa shape index (κ2) is 6.71. The molecule has 4 atom stereocenters. The molecule has 0 aliphatic heterocycles. The number of hydrogen-bond donors (Lipinski definition) is 2. The Balaban J connectivity index is 5.97. The topological polar surface area (TPSA) is 74.6 Å². The highest BCUT2D eigenvalue weighted by molar-refractivity contribution is 14.1. The molecule has 6 heteroatoms. The fourth-order valence-corrected chi connectivity index (χ4v) is 4.42. The number of carboxylic acids is 2. The summed E-state index contributed by atoms with van der Waals surface area (Å²) in [6.45, 7) is 7.38. The first-order chi connectivity index (χ1) is 8.10. The molecule has 0 aliphatic carbocycles. The zero-order chi connectivity index (χ0) is 14.7. The Kier molecular flexibility index (Phi) is 6.86. The van der Waals surface area contributed by atoms with E-state index in [0.29, 0.717) is 12.8 Å². The monoisotopic (exact) mass is 482 g/mol. The summed E-state index contributed by atoms with van der Waals surface area (Å²) in [5.74, 6) is -2.54. The Bertz CT molecular complexity index is 302. The van der Waals surface area contributed by atoms with E-state index in [0.717, 1.165) is 0 Å².